The largest absolute Gasteiger partial charge is 0.327 e. The van der Waals surface area contributed by atoms with E-state index in [1.807, 2.05) is 6.92 Å². The maximum atomic E-state index is 10.9. The molecule has 1 aliphatic heterocycles. The van der Waals surface area contributed by atoms with Gasteiger partial charge in [0.05, 0.1) is 0 Å². The summed E-state index contributed by atoms with van der Waals surface area (Å²) >= 11 is 0. The normalized spacial score (nSPS) is 19.0. The van der Waals surface area contributed by atoms with Crippen LogP contribution in [0, 0.1) is 7.05 Å². The summed E-state index contributed by atoms with van der Waals surface area (Å²) in [6.45, 7) is 2.57. The molecular weight excluding hydrogens is 132 g/mol. The van der Waals surface area contributed by atoms with Gasteiger partial charge < -0.3 is 4.90 Å². The molecule has 1 radical (unpaired) electrons. The Morgan fingerprint density at radius 1 is 1.60 bits per heavy atom. The van der Waals surface area contributed by atoms with Crippen LogP contribution in [0.3, 0.4) is 0 Å². The maximum absolute atomic E-state index is 10.9. The molecule has 0 atom stereocenters. The third-order valence-electron chi connectivity index (χ3n) is 1.51. The molecule has 4 nitrogen and oxygen atoms in total. The molecule has 0 aliphatic carbocycles. The number of hydrogen-bond donors (Lipinski definition) is 0. The minimum absolute atomic E-state index is 0.179. The fraction of sp³-hybridized carbons (Fsp3) is 0.500. The van der Waals surface area contributed by atoms with Gasteiger partial charge in [-0.3, -0.25) is 9.69 Å². The number of likely N-dealkylation sites (N-methyl/N-ethyl adjacent to an activating group) is 1. The highest BCUT2D eigenvalue weighted by Gasteiger charge is 2.31. The van der Waals surface area contributed by atoms with Gasteiger partial charge in [-0.1, -0.05) is 0 Å². The summed E-state index contributed by atoms with van der Waals surface area (Å²) in [4.78, 5) is 24.0. The number of carbonyl (C=O) groups is 2. The van der Waals surface area contributed by atoms with Gasteiger partial charge in [-0.15, -0.1) is 0 Å². The first kappa shape index (κ1) is 7.05. The molecule has 1 heterocycles. The summed E-state index contributed by atoms with van der Waals surface area (Å²) in [6.07, 6.45) is 0. The molecule has 1 aliphatic rings. The van der Waals surface area contributed by atoms with Crippen molar-refractivity contribution < 1.29 is 9.59 Å². The van der Waals surface area contributed by atoms with Crippen LogP contribution in [0.25, 0.3) is 0 Å². The third kappa shape index (κ3) is 0.853. The van der Waals surface area contributed by atoms with Crippen molar-refractivity contribution in [2.24, 2.45) is 0 Å². The summed E-state index contributed by atoms with van der Waals surface area (Å²) in [5, 5.41) is 0. The Kier molecular flexibility index (Phi) is 1.61. The minimum Gasteiger partial charge on any atom is -0.315 e. The van der Waals surface area contributed by atoms with E-state index < -0.39 is 0 Å². The molecular formula is C6H9N2O2. The zero-order chi connectivity index (χ0) is 7.72. The van der Waals surface area contributed by atoms with Crippen molar-refractivity contribution >= 4 is 11.9 Å². The van der Waals surface area contributed by atoms with E-state index in [0.29, 0.717) is 6.54 Å². The molecule has 1 saturated heterocycles. The van der Waals surface area contributed by atoms with E-state index >= 15 is 0 Å². The summed E-state index contributed by atoms with van der Waals surface area (Å²) < 4.78 is 0. The van der Waals surface area contributed by atoms with E-state index in [2.05, 4.69) is 7.05 Å². The average molecular weight is 141 g/mol. The molecule has 1 rings (SSSR count). The molecule has 0 aromatic rings. The molecule has 3 amide bonds. The molecule has 0 spiro atoms. The lowest BCUT2D eigenvalue weighted by atomic mass is 10.5. The third-order valence-corrected chi connectivity index (χ3v) is 1.51. The second-order valence-electron chi connectivity index (χ2n) is 2.12. The number of nitrogens with zero attached hydrogens (tertiary/aromatic N) is 2. The Morgan fingerprint density at radius 3 is 2.40 bits per heavy atom. The van der Waals surface area contributed by atoms with Gasteiger partial charge in [0, 0.05) is 13.6 Å². The van der Waals surface area contributed by atoms with E-state index in [4.69, 9.17) is 0 Å². The Hall–Kier alpha value is -1.06. The average Bonchev–Trinajstić information content (AvgIpc) is 2.17. The predicted molar refractivity (Wildman–Crippen MR) is 34.8 cm³/mol. The Bertz CT molecular complexity index is 179. The number of hydrogen-bond acceptors (Lipinski definition) is 2. The lowest BCUT2D eigenvalue weighted by molar-refractivity contribution is -0.123. The van der Waals surface area contributed by atoms with Gasteiger partial charge in [-0.25, -0.2) is 4.79 Å². The molecule has 0 unspecified atom stereocenters. The van der Waals surface area contributed by atoms with Crippen LogP contribution >= 0.6 is 0 Å². The van der Waals surface area contributed by atoms with Crippen molar-refractivity contribution in [3.63, 3.8) is 0 Å². The number of imide groups is 1. The fourth-order valence-corrected chi connectivity index (χ4v) is 0.841. The smallest absolute Gasteiger partial charge is 0.315 e. The van der Waals surface area contributed by atoms with Gasteiger partial charge in [-0.05, 0) is 6.92 Å². The van der Waals surface area contributed by atoms with E-state index in [9.17, 15) is 9.59 Å². The number of carbonyl (C=O) groups excluding carboxylic acids is 2. The summed E-state index contributed by atoms with van der Waals surface area (Å²) in [6, 6.07) is -0.299. The zero-order valence-electron chi connectivity index (χ0n) is 5.83. The summed E-state index contributed by atoms with van der Waals surface area (Å²) in [5.74, 6) is -0.230. The summed E-state index contributed by atoms with van der Waals surface area (Å²) in [5.41, 5.74) is 0. The molecule has 4 heteroatoms. The SMILES string of the molecule is [CH2]N1C(=O)CN(CC)C1=O. The Balaban J connectivity index is 2.71. The standard InChI is InChI=1S/C6H9N2O2/c1-3-8-4-5(9)7(2)6(8)10/h2-4H2,1H3. The van der Waals surface area contributed by atoms with Crippen LogP contribution in [0.2, 0.25) is 0 Å². The van der Waals surface area contributed by atoms with Gasteiger partial charge >= 0.3 is 6.03 Å². The van der Waals surface area contributed by atoms with Crippen molar-refractivity contribution in [3.05, 3.63) is 7.05 Å². The van der Waals surface area contributed by atoms with Crippen LogP contribution in [-0.4, -0.2) is 34.8 Å². The molecule has 10 heavy (non-hydrogen) atoms. The highest BCUT2D eigenvalue weighted by Crippen LogP contribution is 2.06. The highest BCUT2D eigenvalue weighted by atomic mass is 16.2. The van der Waals surface area contributed by atoms with E-state index in [-0.39, 0.29) is 18.5 Å². The van der Waals surface area contributed by atoms with Crippen LogP contribution in [0.5, 0.6) is 0 Å². The molecule has 0 aromatic heterocycles. The van der Waals surface area contributed by atoms with Gasteiger partial charge in [0.2, 0.25) is 5.91 Å². The monoisotopic (exact) mass is 141 g/mol. The molecule has 55 valence electrons. The Morgan fingerprint density at radius 2 is 2.20 bits per heavy atom. The molecule has 0 aromatic carbocycles. The van der Waals surface area contributed by atoms with Gasteiger partial charge in [0.25, 0.3) is 0 Å². The number of urea groups is 1. The second kappa shape index (κ2) is 2.28. The van der Waals surface area contributed by atoms with Crippen molar-refractivity contribution in [3.8, 4) is 0 Å². The van der Waals surface area contributed by atoms with E-state index in [1.54, 1.807) is 0 Å². The van der Waals surface area contributed by atoms with Crippen molar-refractivity contribution in [1.82, 2.24) is 9.80 Å². The Labute approximate surface area is 59.4 Å². The van der Waals surface area contributed by atoms with Crippen LogP contribution < -0.4 is 0 Å². The van der Waals surface area contributed by atoms with Crippen LogP contribution in [0.1, 0.15) is 6.92 Å². The van der Waals surface area contributed by atoms with Crippen molar-refractivity contribution in [2.75, 3.05) is 13.1 Å². The lowest BCUT2D eigenvalue weighted by Gasteiger charge is -2.09. The molecule has 0 bridgehead atoms. The highest BCUT2D eigenvalue weighted by molar-refractivity contribution is 6.02. The van der Waals surface area contributed by atoms with Crippen molar-refractivity contribution in [1.29, 1.82) is 0 Å². The topological polar surface area (TPSA) is 40.6 Å². The van der Waals surface area contributed by atoms with Crippen LogP contribution in [0.15, 0.2) is 0 Å². The van der Waals surface area contributed by atoms with Crippen LogP contribution in [0.4, 0.5) is 4.79 Å². The molecule has 1 fully saturated rings. The first-order chi connectivity index (χ1) is 4.66. The molecule has 0 saturated carbocycles. The number of amides is 3. The summed E-state index contributed by atoms with van der Waals surface area (Å²) in [7, 11) is 3.29. The fourth-order valence-electron chi connectivity index (χ4n) is 0.841. The predicted octanol–water partition coefficient (Wildman–Crippen LogP) is 0.0621. The lowest BCUT2D eigenvalue weighted by Crippen LogP contribution is -2.28. The minimum atomic E-state index is -0.299. The van der Waals surface area contributed by atoms with E-state index in [0.717, 1.165) is 4.90 Å². The maximum Gasteiger partial charge on any atom is 0.327 e. The van der Waals surface area contributed by atoms with E-state index in [1.165, 1.54) is 4.90 Å². The zero-order valence-corrected chi connectivity index (χ0v) is 5.83. The van der Waals surface area contributed by atoms with Gasteiger partial charge in [0.1, 0.15) is 6.54 Å². The second-order valence-corrected chi connectivity index (χ2v) is 2.12. The number of rotatable bonds is 1. The first-order valence-electron chi connectivity index (χ1n) is 3.09. The van der Waals surface area contributed by atoms with Gasteiger partial charge in [0.15, 0.2) is 0 Å². The van der Waals surface area contributed by atoms with Gasteiger partial charge in [-0.2, -0.15) is 0 Å². The molecule has 0 N–H and O–H groups in total. The van der Waals surface area contributed by atoms with Crippen molar-refractivity contribution in [2.45, 2.75) is 6.92 Å². The quantitative estimate of drug-likeness (QED) is 0.484. The first-order valence-corrected chi connectivity index (χ1v) is 3.09. The van der Waals surface area contributed by atoms with Crippen LogP contribution in [-0.2, 0) is 4.79 Å².